The molecule has 20 heavy (non-hydrogen) atoms. The van der Waals surface area contributed by atoms with Crippen LogP contribution < -0.4 is 4.72 Å². The lowest BCUT2D eigenvalue weighted by Crippen LogP contribution is -2.27. The molecule has 0 aliphatic heterocycles. The third-order valence-electron chi connectivity index (χ3n) is 2.90. The van der Waals surface area contributed by atoms with E-state index < -0.39 is 16.1 Å². The molecule has 2 rings (SSSR count). The molecule has 1 aromatic carbocycles. The first-order valence-corrected chi connectivity index (χ1v) is 8.42. The molecule has 1 atom stereocenters. The highest BCUT2D eigenvalue weighted by molar-refractivity contribution is 9.10. The van der Waals surface area contributed by atoms with Crippen LogP contribution in [0.5, 0.6) is 0 Å². The van der Waals surface area contributed by atoms with Gasteiger partial charge in [-0.3, -0.25) is 0 Å². The van der Waals surface area contributed by atoms with E-state index >= 15 is 0 Å². The minimum atomic E-state index is -3.60. The summed E-state index contributed by atoms with van der Waals surface area (Å²) >= 11 is 3.29. The van der Waals surface area contributed by atoms with Gasteiger partial charge in [0.15, 0.2) is 0 Å². The Morgan fingerprint density at radius 3 is 2.45 bits per heavy atom. The van der Waals surface area contributed by atoms with Gasteiger partial charge in [0.25, 0.3) is 0 Å². The molecule has 6 heteroatoms. The largest absolute Gasteiger partial charge is 0.465 e. The van der Waals surface area contributed by atoms with Gasteiger partial charge in [-0.05, 0) is 66.5 Å². The zero-order valence-electron chi connectivity index (χ0n) is 11.5. The minimum Gasteiger partial charge on any atom is -0.465 e. The number of sulfonamides is 1. The van der Waals surface area contributed by atoms with Crippen molar-refractivity contribution in [1.29, 1.82) is 0 Å². The van der Waals surface area contributed by atoms with Crippen molar-refractivity contribution in [3.8, 4) is 0 Å². The molecule has 108 valence electrons. The second-order valence-electron chi connectivity index (χ2n) is 4.73. The van der Waals surface area contributed by atoms with Crippen molar-refractivity contribution in [2.75, 3.05) is 0 Å². The number of hydrogen-bond donors (Lipinski definition) is 1. The fraction of sp³-hybridized carbons (Fsp3) is 0.286. The summed E-state index contributed by atoms with van der Waals surface area (Å²) < 4.78 is 33.3. The summed E-state index contributed by atoms with van der Waals surface area (Å²) in [6, 6.07) is 8.27. The molecule has 2 aromatic rings. The van der Waals surface area contributed by atoms with Gasteiger partial charge in [-0.1, -0.05) is 6.07 Å². The van der Waals surface area contributed by atoms with Crippen LogP contribution in [-0.4, -0.2) is 8.42 Å². The summed E-state index contributed by atoms with van der Waals surface area (Å²) in [5, 5.41) is 0. The predicted molar refractivity (Wildman–Crippen MR) is 81.1 cm³/mol. The van der Waals surface area contributed by atoms with E-state index in [1.807, 2.05) is 19.9 Å². The number of furan rings is 1. The van der Waals surface area contributed by atoms with Crippen molar-refractivity contribution < 1.29 is 12.8 Å². The molecule has 1 N–H and O–H groups in total. The summed E-state index contributed by atoms with van der Waals surface area (Å²) in [5.74, 6) is 1.34. The Labute approximate surface area is 127 Å². The van der Waals surface area contributed by atoms with Crippen LogP contribution in [0.1, 0.15) is 30.0 Å². The summed E-state index contributed by atoms with van der Waals surface area (Å²) in [5.41, 5.74) is 0.991. The fourth-order valence-corrected chi connectivity index (χ4v) is 4.27. The first-order valence-electron chi connectivity index (χ1n) is 6.14. The number of hydrogen-bond acceptors (Lipinski definition) is 3. The molecule has 1 aromatic heterocycles. The van der Waals surface area contributed by atoms with Gasteiger partial charge in [-0.25, -0.2) is 13.1 Å². The average Bonchev–Trinajstić information content (AvgIpc) is 2.74. The molecule has 4 nitrogen and oxygen atoms in total. The summed E-state index contributed by atoms with van der Waals surface area (Å²) in [7, 11) is -3.60. The van der Waals surface area contributed by atoms with E-state index in [1.165, 1.54) is 0 Å². The second kappa shape index (κ2) is 5.71. The van der Waals surface area contributed by atoms with E-state index in [0.717, 1.165) is 11.3 Å². The Balaban J connectivity index is 2.27. The van der Waals surface area contributed by atoms with E-state index in [4.69, 9.17) is 4.42 Å². The Morgan fingerprint density at radius 1 is 1.20 bits per heavy atom. The number of halogens is 1. The molecule has 0 bridgehead atoms. The maximum Gasteiger partial charge on any atom is 0.242 e. The van der Waals surface area contributed by atoms with Crippen molar-refractivity contribution in [2.24, 2.45) is 0 Å². The van der Waals surface area contributed by atoms with Crippen LogP contribution in [-0.2, 0) is 10.0 Å². The normalized spacial score (nSPS) is 13.4. The lowest BCUT2D eigenvalue weighted by molar-refractivity contribution is 0.441. The number of nitrogens with one attached hydrogen (secondary N) is 1. The standard InChI is InChI=1S/C14H16BrNO3S/c1-9-4-7-14(12(15)8-9)20(17,18)16-11(3)13-6-5-10(2)19-13/h4-8,11,16H,1-3H3. The molecule has 0 amide bonds. The minimum absolute atomic E-state index is 0.221. The highest BCUT2D eigenvalue weighted by Gasteiger charge is 2.22. The number of benzene rings is 1. The van der Waals surface area contributed by atoms with Crippen molar-refractivity contribution >= 4 is 26.0 Å². The highest BCUT2D eigenvalue weighted by Crippen LogP contribution is 2.25. The monoisotopic (exact) mass is 357 g/mol. The SMILES string of the molecule is Cc1ccc(S(=O)(=O)NC(C)c2ccc(C)o2)c(Br)c1. The molecule has 0 fully saturated rings. The molecule has 1 heterocycles. The zero-order valence-corrected chi connectivity index (χ0v) is 13.9. The molecule has 0 spiro atoms. The first kappa shape index (κ1) is 15.3. The Bertz CT molecular complexity index is 722. The van der Waals surface area contributed by atoms with Gasteiger partial charge in [0, 0.05) is 4.47 Å². The van der Waals surface area contributed by atoms with E-state index in [-0.39, 0.29) is 4.90 Å². The van der Waals surface area contributed by atoms with Gasteiger partial charge in [0.2, 0.25) is 10.0 Å². The second-order valence-corrected chi connectivity index (χ2v) is 7.26. The maximum atomic E-state index is 12.4. The molecule has 0 saturated carbocycles. The number of aryl methyl sites for hydroxylation is 2. The topological polar surface area (TPSA) is 59.3 Å². The lowest BCUT2D eigenvalue weighted by Gasteiger charge is -2.13. The van der Waals surface area contributed by atoms with Crippen molar-refractivity contribution in [3.63, 3.8) is 0 Å². The van der Waals surface area contributed by atoms with E-state index in [2.05, 4.69) is 20.7 Å². The summed E-state index contributed by atoms with van der Waals surface area (Å²) in [4.78, 5) is 0.221. The van der Waals surface area contributed by atoms with E-state index in [9.17, 15) is 8.42 Å². The molecular weight excluding hydrogens is 342 g/mol. The van der Waals surface area contributed by atoms with Crippen LogP contribution in [0.2, 0.25) is 0 Å². The van der Waals surface area contributed by atoms with Gasteiger partial charge in [-0.2, -0.15) is 0 Å². The Kier molecular flexibility index (Phi) is 4.36. The number of rotatable bonds is 4. The van der Waals surface area contributed by atoms with Crippen LogP contribution in [0.4, 0.5) is 0 Å². The highest BCUT2D eigenvalue weighted by atomic mass is 79.9. The molecule has 0 radical (unpaired) electrons. The quantitative estimate of drug-likeness (QED) is 0.907. The smallest absolute Gasteiger partial charge is 0.242 e. The Hall–Kier alpha value is -1.11. The molecule has 0 aliphatic carbocycles. The van der Waals surface area contributed by atoms with Gasteiger partial charge in [0.1, 0.15) is 11.5 Å². The third kappa shape index (κ3) is 3.31. The van der Waals surface area contributed by atoms with Gasteiger partial charge in [0.05, 0.1) is 10.9 Å². The molecule has 0 aliphatic rings. The van der Waals surface area contributed by atoms with Crippen LogP contribution >= 0.6 is 15.9 Å². The average molecular weight is 358 g/mol. The van der Waals surface area contributed by atoms with Crippen LogP contribution in [0.25, 0.3) is 0 Å². The van der Waals surface area contributed by atoms with Crippen molar-refractivity contribution in [3.05, 3.63) is 51.9 Å². The predicted octanol–water partition coefficient (Wildman–Crippen LogP) is 3.70. The van der Waals surface area contributed by atoms with Crippen molar-refractivity contribution in [1.82, 2.24) is 4.72 Å². The first-order chi connectivity index (χ1) is 9.29. The molecule has 0 saturated heterocycles. The Morgan fingerprint density at radius 2 is 1.90 bits per heavy atom. The van der Waals surface area contributed by atoms with Crippen LogP contribution in [0.15, 0.2) is 44.1 Å². The summed E-state index contributed by atoms with van der Waals surface area (Å²) in [6.45, 7) is 5.47. The van der Waals surface area contributed by atoms with Crippen LogP contribution in [0, 0.1) is 13.8 Å². The lowest BCUT2D eigenvalue weighted by atomic mass is 10.2. The molecule has 1 unspecified atom stereocenters. The van der Waals surface area contributed by atoms with Gasteiger partial charge in [-0.15, -0.1) is 0 Å². The van der Waals surface area contributed by atoms with Crippen molar-refractivity contribution in [2.45, 2.75) is 31.7 Å². The van der Waals surface area contributed by atoms with Crippen LogP contribution in [0.3, 0.4) is 0 Å². The third-order valence-corrected chi connectivity index (χ3v) is 5.41. The zero-order chi connectivity index (χ0) is 14.9. The van der Waals surface area contributed by atoms with Gasteiger partial charge < -0.3 is 4.42 Å². The summed E-state index contributed by atoms with van der Waals surface area (Å²) in [6.07, 6.45) is 0. The van der Waals surface area contributed by atoms with E-state index in [1.54, 1.807) is 31.2 Å². The molecular formula is C14H16BrNO3S. The maximum absolute atomic E-state index is 12.4. The van der Waals surface area contributed by atoms with Gasteiger partial charge >= 0.3 is 0 Å². The fourth-order valence-electron chi connectivity index (χ4n) is 1.86. The van der Waals surface area contributed by atoms with E-state index in [0.29, 0.717) is 10.2 Å².